The van der Waals surface area contributed by atoms with E-state index < -0.39 is 0 Å². The molecule has 1 saturated heterocycles. The van der Waals surface area contributed by atoms with Crippen molar-refractivity contribution >= 4 is 17.2 Å². The molecule has 0 aliphatic carbocycles. The number of nitrogens with one attached hydrogen (secondary N) is 2. The summed E-state index contributed by atoms with van der Waals surface area (Å²) >= 11 is 1.56. The molecule has 25 heavy (non-hydrogen) atoms. The topological polar surface area (TPSA) is 50.4 Å². The van der Waals surface area contributed by atoms with Crippen LogP contribution in [0.1, 0.15) is 38.5 Å². The van der Waals surface area contributed by atoms with Crippen LogP contribution in [0.3, 0.4) is 0 Å². The highest BCUT2D eigenvalue weighted by Gasteiger charge is 2.40. The van der Waals surface area contributed by atoms with Gasteiger partial charge in [-0.2, -0.15) is 0 Å². The molecular formula is C19H21FN2O2S. The predicted octanol–water partition coefficient (Wildman–Crippen LogP) is 2.97. The van der Waals surface area contributed by atoms with E-state index in [-0.39, 0.29) is 17.3 Å². The minimum atomic E-state index is -0.289. The lowest BCUT2D eigenvalue weighted by atomic mass is 9.83. The molecule has 2 N–H and O–H groups in total. The molecule has 1 aromatic carbocycles. The van der Waals surface area contributed by atoms with Crippen LogP contribution < -0.4 is 10.6 Å². The molecule has 0 bridgehead atoms. The third kappa shape index (κ3) is 3.34. The highest BCUT2D eigenvalue weighted by atomic mass is 32.1. The zero-order chi connectivity index (χ0) is 17.3. The van der Waals surface area contributed by atoms with Gasteiger partial charge in [0.05, 0.1) is 17.1 Å². The van der Waals surface area contributed by atoms with Crippen molar-refractivity contribution < 1.29 is 13.9 Å². The SMILES string of the molecule is O=C(NCc1cccc(F)c1)c1cc2c(s1)CCOC21CCNCC1. The standard InChI is InChI=1S/C19H21FN2O2S/c20-14-3-1-2-13(10-14)12-22-18(23)17-11-15-16(25-17)4-9-24-19(15)5-7-21-8-6-19/h1-3,10-11,21H,4-9,12H2,(H,22,23). The Bertz CT molecular complexity index is 783. The number of halogens is 1. The minimum absolute atomic E-state index is 0.104. The van der Waals surface area contributed by atoms with Crippen LogP contribution in [0.15, 0.2) is 30.3 Å². The first-order valence-electron chi connectivity index (χ1n) is 8.67. The molecule has 3 heterocycles. The lowest BCUT2D eigenvalue weighted by molar-refractivity contribution is -0.0792. The van der Waals surface area contributed by atoms with E-state index in [1.165, 1.54) is 22.6 Å². The van der Waals surface area contributed by atoms with Crippen molar-refractivity contribution in [3.63, 3.8) is 0 Å². The average molecular weight is 360 g/mol. The number of hydrogen-bond acceptors (Lipinski definition) is 4. The maximum atomic E-state index is 13.2. The number of amides is 1. The van der Waals surface area contributed by atoms with Crippen molar-refractivity contribution in [1.29, 1.82) is 0 Å². The summed E-state index contributed by atoms with van der Waals surface area (Å²) in [6.07, 6.45) is 2.76. The van der Waals surface area contributed by atoms with Crippen molar-refractivity contribution in [3.05, 3.63) is 57.0 Å². The van der Waals surface area contributed by atoms with Gasteiger partial charge in [-0.05, 0) is 55.3 Å². The summed E-state index contributed by atoms with van der Waals surface area (Å²) in [5.74, 6) is -0.393. The summed E-state index contributed by atoms with van der Waals surface area (Å²) in [6.45, 7) is 2.93. The predicted molar refractivity (Wildman–Crippen MR) is 95.3 cm³/mol. The molecule has 2 aromatic rings. The second-order valence-electron chi connectivity index (χ2n) is 6.60. The fourth-order valence-corrected chi connectivity index (χ4v) is 4.84. The second kappa shape index (κ2) is 6.86. The zero-order valence-corrected chi connectivity index (χ0v) is 14.8. The first-order valence-corrected chi connectivity index (χ1v) is 9.48. The van der Waals surface area contributed by atoms with Gasteiger partial charge in [-0.1, -0.05) is 12.1 Å². The summed E-state index contributed by atoms with van der Waals surface area (Å²) in [5.41, 5.74) is 1.73. The van der Waals surface area contributed by atoms with Gasteiger partial charge in [0.25, 0.3) is 5.91 Å². The van der Waals surface area contributed by atoms with Crippen LogP contribution in [0.2, 0.25) is 0 Å². The Morgan fingerprint density at radius 2 is 2.16 bits per heavy atom. The van der Waals surface area contributed by atoms with Gasteiger partial charge in [0, 0.05) is 17.8 Å². The third-order valence-corrected chi connectivity index (χ3v) is 6.18. The first-order chi connectivity index (χ1) is 12.2. The van der Waals surface area contributed by atoms with Crippen LogP contribution >= 0.6 is 11.3 Å². The van der Waals surface area contributed by atoms with Gasteiger partial charge in [0.15, 0.2) is 0 Å². The van der Waals surface area contributed by atoms with Gasteiger partial charge >= 0.3 is 0 Å². The number of hydrogen-bond donors (Lipinski definition) is 2. The number of ether oxygens (including phenoxy) is 1. The van der Waals surface area contributed by atoms with Crippen molar-refractivity contribution in [2.45, 2.75) is 31.4 Å². The fraction of sp³-hybridized carbons (Fsp3) is 0.421. The molecule has 0 unspecified atom stereocenters. The van der Waals surface area contributed by atoms with E-state index >= 15 is 0 Å². The van der Waals surface area contributed by atoms with Crippen molar-refractivity contribution in [2.75, 3.05) is 19.7 Å². The fourth-order valence-electron chi connectivity index (χ4n) is 3.69. The molecule has 0 saturated carbocycles. The van der Waals surface area contributed by atoms with Crippen LogP contribution in [-0.4, -0.2) is 25.6 Å². The van der Waals surface area contributed by atoms with Gasteiger partial charge in [-0.3, -0.25) is 4.79 Å². The third-order valence-electron chi connectivity index (χ3n) is 4.98. The number of thiophene rings is 1. The maximum Gasteiger partial charge on any atom is 0.261 e. The van der Waals surface area contributed by atoms with Crippen LogP contribution in [0.4, 0.5) is 4.39 Å². The number of piperidine rings is 1. The number of rotatable bonds is 3. The Morgan fingerprint density at radius 1 is 1.32 bits per heavy atom. The quantitative estimate of drug-likeness (QED) is 0.885. The minimum Gasteiger partial charge on any atom is -0.370 e. The molecular weight excluding hydrogens is 339 g/mol. The van der Waals surface area contributed by atoms with Crippen molar-refractivity contribution in [2.24, 2.45) is 0 Å². The molecule has 4 nitrogen and oxygen atoms in total. The summed E-state index contributed by atoms with van der Waals surface area (Å²) in [6, 6.07) is 8.31. The summed E-state index contributed by atoms with van der Waals surface area (Å²) < 4.78 is 19.4. The smallest absolute Gasteiger partial charge is 0.261 e. The Morgan fingerprint density at radius 3 is 2.96 bits per heavy atom. The zero-order valence-electron chi connectivity index (χ0n) is 13.9. The van der Waals surface area contributed by atoms with Gasteiger partial charge in [-0.15, -0.1) is 11.3 Å². The number of fused-ring (bicyclic) bond motifs is 2. The molecule has 2 aliphatic heterocycles. The Hall–Kier alpha value is -1.76. The summed E-state index contributed by atoms with van der Waals surface area (Å²) in [4.78, 5) is 14.5. The van der Waals surface area contributed by atoms with Crippen molar-refractivity contribution in [3.8, 4) is 0 Å². The van der Waals surface area contributed by atoms with Gasteiger partial charge < -0.3 is 15.4 Å². The Labute approximate surface area is 150 Å². The molecule has 2 aliphatic rings. The largest absolute Gasteiger partial charge is 0.370 e. The highest BCUT2D eigenvalue weighted by molar-refractivity contribution is 7.14. The Kier molecular flexibility index (Phi) is 4.58. The molecule has 0 atom stereocenters. The number of carbonyl (C=O) groups excluding carboxylic acids is 1. The monoisotopic (exact) mass is 360 g/mol. The molecule has 1 fully saturated rings. The van der Waals surface area contributed by atoms with Crippen LogP contribution in [0.5, 0.6) is 0 Å². The van der Waals surface area contributed by atoms with E-state index in [2.05, 4.69) is 10.6 Å². The van der Waals surface area contributed by atoms with Crippen molar-refractivity contribution in [1.82, 2.24) is 10.6 Å². The molecule has 1 amide bonds. The van der Waals surface area contributed by atoms with E-state index in [1.807, 2.05) is 6.07 Å². The average Bonchev–Trinajstić information content (AvgIpc) is 3.07. The first kappa shape index (κ1) is 16.7. The second-order valence-corrected chi connectivity index (χ2v) is 7.74. The molecule has 1 aromatic heterocycles. The number of benzene rings is 1. The van der Waals surface area contributed by atoms with E-state index in [0.29, 0.717) is 11.4 Å². The lowest BCUT2D eigenvalue weighted by Gasteiger charge is -2.40. The van der Waals surface area contributed by atoms with Gasteiger partial charge in [0.2, 0.25) is 0 Å². The summed E-state index contributed by atoms with van der Waals surface area (Å²) in [7, 11) is 0. The molecule has 0 radical (unpaired) electrons. The highest BCUT2D eigenvalue weighted by Crippen LogP contribution is 2.43. The molecule has 1 spiro atoms. The summed E-state index contributed by atoms with van der Waals surface area (Å²) in [5, 5.41) is 6.27. The van der Waals surface area contributed by atoms with E-state index in [0.717, 1.165) is 44.5 Å². The van der Waals surface area contributed by atoms with Crippen LogP contribution in [0.25, 0.3) is 0 Å². The van der Waals surface area contributed by atoms with Crippen LogP contribution in [-0.2, 0) is 23.3 Å². The van der Waals surface area contributed by atoms with E-state index in [1.54, 1.807) is 23.5 Å². The molecule has 132 valence electrons. The van der Waals surface area contributed by atoms with Crippen LogP contribution in [0, 0.1) is 5.82 Å². The van der Waals surface area contributed by atoms with Gasteiger partial charge in [0.1, 0.15) is 5.82 Å². The molecule has 6 heteroatoms. The Balaban J connectivity index is 1.51. The van der Waals surface area contributed by atoms with E-state index in [9.17, 15) is 9.18 Å². The number of carbonyl (C=O) groups is 1. The van der Waals surface area contributed by atoms with E-state index in [4.69, 9.17) is 4.74 Å². The lowest BCUT2D eigenvalue weighted by Crippen LogP contribution is -2.44. The molecule has 4 rings (SSSR count). The maximum absolute atomic E-state index is 13.2. The normalized spacial score (nSPS) is 18.8. The van der Waals surface area contributed by atoms with Gasteiger partial charge in [-0.25, -0.2) is 4.39 Å².